The van der Waals surface area contributed by atoms with Crippen molar-refractivity contribution in [3.8, 4) is 0 Å². The normalized spacial score (nSPS) is 15.0. The van der Waals surface area contributed by atoms with Crippen molar-refractivity contribution < 1.29 is 18.9 Å². The molecule has 29 heavy (non-hydrogen) atoms. The number of rotatable bonds is 22. The fraction of sp³-hybridized carbons (Fsp3) is 1.00. The molecule has 0 amide bonds. The van der Waals surface area contributed by atoms with Gasteiger partial charge in [0.05, 0.1) is 25.9 Å². The molecule has 0 heterocycles. The molecule has 4 heteroatoms. The van der Waals surface area contributed by atoms with Gasteiger partial charge in [0.25, 0.3) is 0 Å². The second kappa shape index (κ2) is 19.8. The molecule has 2 atom stereocenters. The molecule has 0 aromatic rings. The summed E-state index contributed by atoms with van der Waals surface area (Å²) < 4.78 is 25.6. The van der Waals surface area contributed by atoms with Gasteiger partial charge < -0.3 is 18.9 Å². The average Bonchev–Trinajstić information content (AvgIpc) is 2.70. The molecule has 0 aliphatic heterocycles. The van der Waals surface area contributed by atoms with E-state index in [0.29, 0.717) is 19.8 Å². The lowest BCUT2D eigenvalue weighted by Gasteiger charge is -2.40. The van der Waals surface area contributed by atoms with Crippen molar-refractivity contribution in [3.63, 3.8) is 0 Å². The summed E-state index contributed by atoms with van der Waals surface area (Å²) in [6.07, 6.45) is 14.4. The first-order chi connectivity index (χ1) is 14.1. The number of unbranched alkanes of at least 4 members (excludes halogenated alkanes) is 8. The standard InChI is InChI=1S/C25H52O4/c1-7-11-15-18-22-28-25(26-20-14-10-4,27-21-17-13-9-3)24(29-23(5)6)19-16-12-8-2/h23-24H,7-22H2,1-6H3. The van der Waals surface area contributed by atoms with Gasteiger partial charge in [0.1, 0.15) is 6.10 Å². The van der Waals surface area contributed by atoms with Crippen LogP contribution in [-0.2, 0) is 18.9 Å². The van der Waals surface area contributed by atoms with E-state index in [4.69, 9.17) is 18.9 Å². The van der Waals surface area contributed by atoms with Gasteiger partial charge in [-0.05, 0) is 39.5 Å². The van der Waals surface area contributed by atoms with Gasteiger partial charge in [0, 0.05) is 0 Å². The van der Waals surface area contributed by atoms with Gasteiger partial charge in [-0.25, -0.2) is 0 Å². The highest BCUT2D eigenvalue weighted by Gasteiger charge is 2.44. The van der Waals surface area contributed by atoms with Crippen LogP contribution in [-0.4, -0.2) is 38.0 Å². The van der Waals surface area contributed by atoms with Crippen LogP contribution in [0.5, 0.6) is 0 Å². The van der Waals surface area contributed by atoms with Crippen LogP contribution in [0.1, 0.15) is 125 Å². The van der Waals surface area contributed by atoms with E-state index in [1.165, 1.54) is 38.5 Å². The Morgan fingerprint density at radius 3 is 1.52 bits per heavy atom. The molecule has 0 rings (SSSR count). The SMILES string of the molecule is CCCCCCOC(OCCCC)(OCCCCC)C(CCCCC)OC(C)C. The van der Waals surface area contributed by atoms with Crippen molar-refractivity contribution in [2.24, 2.45) is 0 Å². The Labute approximate surface area is 182 Å². The van der Waals surface area contributed by atoms with Crippen LogP contribution in [0.15, 0.2) is 0 Å². The van der Waals surface area contributed by atoms with Gasteiger partial charge in [-0.2, -0.15) is 0 Å². The van der Waals surface area contributed by atoms with Gasteiger partial charge in [0.2, 0.25) is 0 Å². The summed E-state index contributed by atoms with van der Waals surface area (Å²) in [5.74, 6) is -1.08. The summed E-state index contributed by atoms with van der Waals surface area (Å²) in [7, 11) is 0. The molecule has 0 aliphatic rings. The summed E-state index contributed by atoms with van der Waals surface area (Å²) in [5.41, 5.74) is 0. The fourth-order valence-electron chi connectivity index (χ4n) is 3.31. The average molecular weight is 417 g/mol. The Hall–Kier alpha value is -0.160. The van der Waals surface area contributed by atoms with Crippen molar-refractivity contribution in [2.45, 2.75) is 143 Å². The zero-order chi connectivity index (χ0) is 21.8. The lowest BCUT2D eigenvalue weighted by atomic mass is 10.1. The van der Waals surface area contributed by atoms with Gasteiger partial charge in [-0.1, -0.05) is 85.5 Å². The van der Waals surface area contributed by atoms with Crippen LogP contribution < -0.4 is 0 Å². The predicted molar refractivity (Wildman–Crippen MR) is 123 cm³/mol. The molecule has 2 unspecified atom stereocenters. The third kappa shape index (κ3) is 14.5. The van der Waals surface area contributed by atoms with Gasteiger partial charge >= 0.3 is 5.97 Å². The fourth-order valence-corrected chi connectivity index (χ4v) is 3.31. The number of hydrogen-bond acceptors (Lipinski definition) is 4. The van der Waals surface area contributed by atoms with Crippen LogP contribution >= 0.6 is 0 Å². The van der Waals surface area contributed by atoms with Gasteiger partial charge in [0.15, 0.2) is 0 Å². The molecule has 0 aliphatic carbocycles. The van der Waals surface area contributed by atoms with E-state index in [-0.39, 0.29) is 12.2 Å². The largest absolute Gasteiger partial charge is 0.367 e. The molecular weight excluding hydrogens is 364 g/mol. The molecule has 0 aromatic heterocycles. The molecule has 0 N–H and O–H groups in total. The molecule has 0 fully saturated rings. The maximum atomic E-state index is 6.43. The summed E-state index contributed by atoms with van der Waals surface area (Å²) in [4.78, 5) is 0. The first kappa shape index (κ1) is 28.8. The second-order valence-electron chi connectivity index (χ2n) is 8.44. The third-order valence-electron chi connectivity index (χ3n) is 5.05. The van der Waals surface area contributed by atoms with Crippen LogP contribution in [0.2, 0.25) is 0 Å². The highest BCUT2D eigenvalue weighted by atomic mass is 16.9. The number of ether oxygens (including phenoxy) is 4. The van der Waals surface area contributed by atoms with E-state index >= 15 is 0 Å². The molecule has 0 aromatic carbocycles. The van der Waals surface area contributed by atoms with Crippen molar-refractivity contribution in [3.05, 3.63) is 0 Å². The minimum atomic E-state index is -1.08. The second-order valence-corrected chi connectivity index (χ2v) is 8.44. The number of hydrogen-bond donors (Lipinski definition) is 0. The minimum Gasteiger partial charge on any atom is -0.367 e. The van der Waals surface area contributed by atoms with Gasteiger partial charge in [-0.15, -0.1) is 0 Å². The maximum Gasteiger partial charge on any atom is 0.310 e. The highest BCUT2D eigenvalue weighted by Crippen LogP contribution is 2.30. The molecule has 0 radical (unpaired) electrons. The Bertz CT molecular complexity index is 335. The topological polar surface area (TPSA) is 36.9 Å². The van der Waals surface area contributed by atoms with Crippen molar-refractivity contribution in [1.82, 2.24) is 0 Å². The molecule has 4 nitrogen and oxygen atoms in total. The molecule has 0 saturated carbocycles. The molecule has 0 spiro atoms. The Balaban J connectivity index is 5.36. The quantitative estimate of drug-likeness (QED) is 0.134. The van der Waals surface area contributed by atoms with E-state index < -0.39 is 5.97 Å². The molecular formula is C25H52O4. The lowest BCUT2D eigenvalue weighted by Crippen LogP contribution is -2.52. The van der Waals surface area contributed by atoms with E-state index in [9.17, 15) is 0 Å². The first-order valence-corrected chi connectivity index (χ1v) is 12.6. The Morgan fingerprint density at radius 1 is 0.552 bits per heavy atom. The summed E-state index contributed by atoms with van der Waals surface area (Å²) in [6, 6.07) is 0. The minimum absolute atomic E-state index is 0.110. The van der Waals surface area contributed by atoms with E-state index in [2.05, 4.69) is 41.5 Å². The summed E-state index contributed by atoms with van der Waals surface area (Å²) >= 11 is 0. The molecule has 0 bridgehead atoms. The van der Waals surface area contributed by atoms with E-state index in [1.807, 2.05) is 0 Å². The Kier molecular flexibility index (Phi) is 19.7. The van der Waals surface area contributed by atoms with E-state index in [0.717, 1.165) is 44.9 Å². The molecule has 176 valence electrons. The molecule has 0 saturated heterocycles. The van der Waals surface area contributed by atoms with Crippen LogP contribution in [0, 0.1) is 0 Å². The van der Waals surface area contributed by atoms with Crippen molar-refractivity contribution in [1.29, 1.82) is 0 Å². The summed E-state index contributed by atoms with van der Waals surface area (Å²) in [6.45, 7) is 15.0. The van der Waals surface area contributed by atoms with Crippen LogP contribution in [0.3, 0.4) is 0 Å². The third-order valence-corrected chi connectivity index (χ3v) is 5.05. The smallest absolute Gasteiger partial charge is 0.310 e. The van der Waals surface area contributed by atoms with Crippen LogP contribution in [0.4, 0.5) is 0 Å². The van der Waals surface area contributed by atoms with Crippen LogP contribution in [0.25, 0.3) is 0 Å². The predicted octanol–water partition coefficient (Wildman–Crippen LogP) is 7.63. The maximum absolute atomic E-state index is 6.43. The lowest BCUT2D eigenvalue weighted by molar-refractivity contribution is -0.421. The highest BCUT2D eigenvalue weighted by molar-refractivity contribution is 4.75. The van der Waals surface area contributed by atoms with Crippen molar-refractivity contribution >= 4 is 0 Å². The van der Waals surface area contributed by atoms with E-state index in [1.54, 1.807) is 0 Å². The monoisotopic (exact) mass is 416 g/mol. The summed E-state index contributed by atoms with van der Waals surface area (Å²) in [5, 5.41) is 0. The van der Waals surface area contributed by atoms with Crippen molar-refractivity contribution in [2.75, 3.05) is 19.8 Å². The zero-order valence-electron chi connectivity index (χ0n) is 20.6. The first-order valence-electron chi connectivity index (χ1n) is 12.6. The Morgan fingerprint density at radius 2 is 1.00 bits per heavy atom. The van der Waals surface area contributed by atoms with Gasteiger partial charge in [-0.3, -0.25) is 0 Å². The zero-order valence-corrected chi connectivity index (χ0v) is 20.6.